The van der Waals surface area contributed by atoms with Crippen molar-refractivity contribution in [2.45, 2.75) is 32.7 Å². The first-order valence-electron chi connectivity index (χ1n) is 11.7. The maximum Gasteiger partial charge on any atom is 0.300 e. The van der Waals surface area contributed by atoms with E-state index in [1.54, 1.807) is 36.4 Å². The molecule has 7 heteroatoms. The Labute approximate surface area is 215 Å². The summed E-state index contributed by atoms with van der Waals surface area (Å²) < 4.78 is 10.8. The zero-order chi connectivity index (χ0) is 26.0. The van der Waals surface area contributed by atoms with Gasteiger partial charge in [-0.15, -0.1) is 0 Å². The van der Waals surface area contributed by atoms with Crippen LogP contribution in [0.25, 0.3) is 5.76 Å². The van der Waals surface area contributed by atoms with E-state index in [9.17, 15) is 14.7 Å². The van der Waals surface area contributed by atoms with Crippen LogP contribution in [0.4, 0.5) is 5.69 Å². The second kappa shape index (κ2) is 10.5. The number of ether oxygens (including phenoxy) is 2. The quantitative estimate of drug-likeness (QED) is 0.225. The summed E-state index contributed by atoms with van der Waals surface area (Å²) in [5, 5.41) is 11.7. The molecule has 0 spiro atoms. The molecule has 1 atom stereocenters. The van der Waals surface area contributed by atoms with Crippen LogP contribution in [-0.4, -0.2) is 30.5 Å². The van der Waals surface area contributed by atoms with E-state index in [4.69, 9.17) is 21.1 Å². The summed E-state index contributed by atoms with van der Waals surface area (Å²) in [6.45, 7) is 6.57. The van der Waals surface area contributed by atoms with Gasteiger partial charge in [-0.3, -0.25) is 14.5 Å². The molecule has 0 saturated carbocycles. The number of methoxy groups -OCH3 is 1. The first-order valence-corrected chi connectivity index (χ1v) is 12.1. The van der Waals surface area contributed by atoms with Gasteiger partial charge in [0.25, 0.3) is 11.7 Å². The molecule has 4 rings (SSSR count). The Bertz CT molecular complexity index is 1310. The molecule has 0 aromatic heterocycles. The molecule has 1 amide bonds. The molecule has 186 valence electrons. The highest BCUT2D eigenvalue weighted by atomic mass is 35.5. The molecular formula is C29H28ClNO5. The average Bonchev–Trinajstić information content (AvgIpc) is 3.14. The van der Waals surface area contributed by atoms with Gasteiger partial charge in [-0.2, -0.15) is 0 Å². The summed E-state index contributed by atoms with van der Waals surface area (Å²) in [6.07, 6.45) is 0. The third-order valence-corrected chi connectivity index (χ3v) is 6.53. The number of amides is 1. The number of ketones is 1. The molecule has 0 radical (unpaired) electrons. The van der Waals surface area contributed by atoms with Gasteiger partial charge in [0.2, 0.25) is 0 Å². The Morgan fingerprint density at radius 2 is 1.69 bits per heavy atom. The van der Waals surface area contributed by atoms with E-state index in [0.29, 0.717) is 45.9 Å². The normalized spacial score (nSPS) is 17.1. The summed E-state index contributed by atoms with van der Waals surface area (Å²) in [7, 11) is 1.46. The van der Waals surface area contributed by atoms with Crippen LogP contribution in [0.1, 0.15) is 49.4 Å². The van der Waals surface area contributed by atoms with Gasteiger partial charge in [-0.1, -0.05) is 49.7 Å². The summed E-state index contributed by atoms with van der Waals surface area (Å²) >= 11 is 6.15. The van der Waals surface area contributed by atoms with Crippen LogP contribution in [0.15, 0.2) is 72.3 Å². The number of Topliss-reactive ketones (excluding diaryl/α,β-unsaturated/α-hetero) is 1. The van der Waals surface area contributed by atoms with Gasteiger partial charge in [0.1, 0.15) is 17.3 Å². The van der Waals surface area contributed by atoms with Crippen molar-refractivity contribution >= 4 is 34.7 Å². The zero-order valence-corrected chi connectivity index (χ0v) is 21.4. The Hall–Kier alpha value is -3.77. The van der Waals surface area contributed by atoms with Gasteiger partial charge in [-0.05, 0) is 66.4 Å². The number of nitrogens with zero attached hydrogens (tertiary/aromatic N) is 1. The molecule has 1 fully saturated rings. The van der Waals surface area contributed by atoms with Gasteiger partial charge >= 0.3 is 0 Å². The van der Waals surface area contributed by atoms with Crippen molar-refractivity contribution in [1.82, 2.24) is 0 Å². The molecule has 1 aliphatic heterocycles. The molecular weight excluding hydrogens is 478 g/mol. The van der Waals surface area contributed by atoms with Gasteiger partial charge in [0.05, 0.1) is 30.4 Å². The van der Waals surface area contributed by atoms with Crippen molar-refractivity contribution in [3.05, 3.63) is 94.0 Å². The highest BCUT2D eigenvalue weighted by Crippen LogP contribution is 2.43. The molecule has 3 aromatic rings. The third kappa shape index (κ3) is 4.69. The number of carbonyl (C=O) groups excluding carboxylic acids is 2. The largest absolute Gasteiger partial charge is 0.507 e. The van der Waals surface area contributed by atoms with E-state index in [0.717, 1.165) is 5.56 Å². The van der Waals surface area contributed by atoms with Gasteiger partial charge in [-0.25, -0.2) is 0 Å². The standard InChI is InChI=1S/C29H28ClNO5/c1-5-36-22-13-8-19(9-14-22)26-25(27(32)20-10-15-23(30)24(16-20)35-4)28(33)29(34)31(26)21-11-6-18(7-12-21)17(2)3/h6-17,26,32H,5H2,1-4H3/b27-25-. The molecule has 0 bridgehead atoms. The second-order valence-electron chi connectivity index (χ2n) is 8.77. The molecule has 1 saturated heterocycles. The van der Waals surface area contributed by atoms with E-state index >= 15 is 0 Å². The van der Waals surface area contributed by atoms with E-state index < -0.39 is 17.7 Å². The number of hydrogen-bond donors (Lipinski definition) is 1. The summed E-state index contributed by atoms with van der Waals surface area (Å²) in [6, 6.07) is 18.6. The molecule has 1 heterocycles. The zero-order valence-electron chi connectivity index (χ0n) is 20.6. The van der Waals surface area contributed by atoms with E-state index in [1.165, 1.54) is 18.1 Å². The Kier molecular flexibility index (Phi) is 7.36. The lowest BCUT2D eigenvalue weighted by molar-refractivity contribution is -0.132. The number of halogens is 1. The van der Waals surface area contributed by atoms with Crippen LogP contribution < -0.4 is 14.4 Å². The fourth-order valence-electron chi connectivity index (χ4n) is 4.31. The SMILES string of the molecule is CCOc1ccc(C2/C(=C(/O)c3ccc(Cl)c(OC)c3)C(=O)C(=O)N2c2ccc(C(C)C)cc2)cc1. The van der Waals surface area contributed by atoms with Crippen LogP contribution in [-0.2, 0) is 9.59 Å². The fourth-order valence-corrected chi connectivity index (χ4v) is 4.50. The maximum absolute atomic E-state index is 13.4. The monoisotopic (exact) mass is 505 g/mol. The number of hydrogen-bond acceptors (Lipinski definition) is 5. The number of rotatable bonds is 7. The first-order chi connectivity index (χ1) is 17.3. The number of carbonyl (C=O) groups is 2. The number of aliphatic hydroxyl groups is 1. The molecule has 1 N–H and O–H groups in total. The van der Waals surface area contributed by atoms with E-state index in [-0.39, 0.29) is 11.3 Å². The lowest BCUT2D eigenvalue weighted by atomic mass is 9.94. The first kappa shape index (κ1) is 25.3. The highest BCUT2D eigenvalue weighted by molar-refractivity contribution is 6.51. The van der Waals surface area contributed by atoms with Crippen LogP contribution in [0.5, 0.6) is 11.5 Å². The predicted octanol–water partition coefficient (Wildman–Crippen LogP) is 6.50. The number of anilines is 1. The lowest BCUT2D eigenvalue weighted by Gasteiger charge is -2.26. The Morgan fingerprint density at radius 1 is 1.03 bits per heavy atom. The Morgan fingerprint density at radius 3 is 2.28 bits per heavy atom. The number of aliphatic hydroxyl groups excluding tert-OH is 1. The van der Waals surface area contributed by atoms with Crippen molar-refractivity contribution in [3.8, 4) is 11.5 Å². The highest BCUT2D eigenvalue weighted by Gasteiger charge is 2.47. The molecule has 1 unspecified atom stereocenters. The maximum atomic E-state index is 13.4. The second-order valence-corrected chi connectivity index (χ2v) is 9.17. The minimum Gasteiger partial charge on any atom is -0.507 e. The third-order valence-electron chi connectivity index (χ3n) is 6.21. The van der Waals surface area contributed by atoms with Crippen LogP contribution in [0.3, 0.4) is 0 Å². The van der Waals surface area contributed by atoms with Crippen molar-refractivity contribution in [3.63, 3.8) is 0 Å². The summed E-state index contributed by atoms with van der Waals surface area (Å²) in [4.78, 5) is 28.2. The minimum absolute atomic E-state index is 0.0125. The van der Waals surface area contributed by atoms with Crippen molar-refractivity contribution in [2.75, 3.05) is 18.6 Å². The fraction of sp³-hybridized carbons (Fsp3) is 0.241. The van der Waals surface area contributed by atoms with Gasteiger partial charge in [0, 0.05) is 11.3 Å². The van der Waals surface area contributed by atoms with E-state index in [2.05, 4.69) is 13.8 Å². The van der Waals surface area contributed by atoms with Crippen molar-refractivity contribution < 1.29 is 24.2 Å². The topological polar surface area (TPSA) is 76.1 Å². The predicted molar refractivity (Wildman–Crippen MR) is 141 cm³/mol. The van der Waals surface area contributed by atoms with Gasteiger partial charge in [0.15, 0.2) is 0 Å². The van der Waals surface area contributed by atoms with Crippen LogP contribution >= 0.6 is 11.6 Å². The van der Waals surface area contributed by atoms with Crippen molar-refractivity contribution in [1.29, 1.82) is 0 Å². The smallest absolute Gasteiger partial charge is 0.300 e. The molecule has 3 aromatic carbocycles. The van der Waals surface area contributed by atoms with Crippen LogP contribution in [0.2, 0.25) is 5.02 Å². The lowest BCUT2D eigenvalue weighted by Crippen LogP contribution is -2.29. The number of benzene rings is 3. The Balaban J connectivity index is 1.89. The molecule has 36 heavy (non-hydrogen) atoms. The van der Waals surface area contributed by atoms with E-state index in [1.807, 2.05) is 31.2 Å². The molecule has 1 aliphatic rings. The van der Waals surface area contributed by atoms with Gasteiger partial charge < -0.3 is 14.6 Å². The molecule has 0 aliphatic carbocycles. The molecule has 6 nitrogen and oxygen atoms in total. The minimum atomic E-state index is -0.841. The summed E-state index contributed by atoms with van der Waals surface area (Å²) in [5.74, 6) is -0.458. The summed E-state index contributed by atoms with van der Waals surface area (Å²) in [5.41, 5.74) is 2.64. The van der Waals surface area contributed by atoms with Crippen LogP contribution in [0, 0.1) is 0 Å². The van der Waals surface area contributed by atoms with Crippen molar-refractivity contribution in [2.24, 2.45) is 0 Å². The average molecular weight is 506 g/mol.